The number of likely N-dealkylation sites (tertiary alicyclic amines) is 1. The molecule has 0 aliphatic carbocycles. The third-order valence-electron chi connectivity index (χ3n) is 5.28. The Morgan fingerprint density at radius 3 is 1.85 bits per heavy atom. The molecule has 0 saturated carbocycles. The van der Waals surface area contributed by atoms with Gasteiger partial charge in [-0.1, -0.05) is 0 Å². The van der Waals surface area contributed by atoms with E-state index in [2.05, 4.69) is 5.32 Å². The van der Waals surface area contributed by atoms with Gasteiger partial charge in [-0.3, -0.25) is 4.79 Å². The summed E-state index contributed by atoms with van der Waals surface area (Å²) in [5.74, 6) is -0.789. The van der Waals surface area contributed by atoms with Gasteiger partial charge < -0.3 is 10.2 Å². The van der Waals surface area contributed by atoms with E-state index < -0.39 is 35.0 Å². The van der Waals surface area contributed by atoms with Crippen LogP contribution >= 0.6 is 12.4 Å². The van der Waals surface area contributed by atoms with E-state index >= 15 is 0 Å². The quantitative estimate of drug-likeness (QED) is 0.690. The lowest BCUT2D eigenvalue weighted by Crippen LogP contribution is -2.44. The van der Waals surface area contributed by atoms with E-state index in [4.69, 9.17) is 0 Å². The second kappa shape index (κ2) is 7.50. The standard InChI is InChI=1S/C17H18F6N2O.ClH/c18-16(19,20)12-7-11(8-13(9-12)17(21,22)23)14(26)25-5-2-15(3-6-25)1-4-24-10-15;/h7-9,24H,1-6,10H2;1H. The highest BCUT2D eigenvalue weighted by molar-refractivity contribution is 5.94. The van der Waals surface area contributed by atoms with Crippen molar-refractivity contribution in [2.24, 2.45) is 5.41 Å². The molecular weight excluding hydrogens is 398 g/mol. The maximum atomic E-state index is 12.9. The minimum absolute atomic E-state index is 0. The lowest BCUT2D eigenvalue weighted by atomic mass is 9.78. The third-order valence-corrected chi connectivity index (χ3v) is 5.28. The first-order valence-corrected chi connectivity index (χ1v) is 8.30. The molecule has 0 atom stereocenters. The van der Waals surface area contributed by atoms with Crippen LogP contribution in [-0.4, -0.2) is 37.0 Å². The second-order valence-electron chi connectivity index (χ2n) is 7.01. The van der Waals surface area contributed by atoms with Gasteiger partial charge in [0.15, 0.2) is 0 Å². The van der Waals surface area contributed by atoms with Crippen LogP contribution in [0.5, 0.6) is 0 Å². The summed E-state index contributed by atoms with van der Waals surface area (Å²) in [4.78, 5) is 13.9. The Bertz CT molecular complexity index is 655. The van der Waals surface area contributed by atoms with Gasteiger partial charge in [-0.05, 0) is 49.4 Å². The van der Waals surface area contributed by atoms with Gasteiger partial charge in [-0.15, -0.1) is 12.4 Å². The van der Waals surface area contributed by atoms with Gasteiger partial charge in [0, 0.05) is 25.2 Å². The maximum Gasteiger partial charge on any atom is 0.416 e. The SMILES string of the molecule is Cl.O=C(c1cc(C(F)(F)F)cc(C(F)(F)F)c1)N1CCC2(CCNC2)CC1. The normalized spacial score (nSPS) is 19.9. The van der Waals surface area contributed by atoms with Crippen LogP contribution in [-0.2, 0) is 12.4 Å². The van der Waals surface area contributed by atoms with E-state index in [1.165, 1.54) is 4.90 Å². The van der Waals surface area contributed by atoms with Crippen molar-refractivity contribution in [2.45, 2.75) is 31.6 Å². The first-order valence-electron chi connectivity index (χ1n) is 8.30. The van der Waals surface area contributed by atoms with Crippen LogP contribution in [0.1, 0.15) is 40.7 Å². The Morgan fingerprint density at radius 2 is 1.44 bits per heavy atom. The first kappa shape index (κ1) is 21.8. The second-order valence-corrected chi connectivity index (χ2v) is 7.01. The minimum Gasteiger partial charge on any atom is -0.339 e. The maximum absolute atomic E-state index is 12.9. The van der Waals surface area contributed by atoms with Crippen molar-refractivity contribution in [2.75, 3.05) is 26.2 Å². The van der Waals surface area contributed by atoms with Crippen molar-refractivity contribution in [1.29, 1.82) is 0 Å². The third kappa shape index (κ3) is 4.68. The fourth-order valence-corrected chi connectivity index (χ4v) is 3.67. The topological polar surface area (TPSA) is 32.3 Å². The van der Waals surface area contributed by atoms with E-state index in [-0.39, 0.29) is 23.9 Å². The van der Waals surface area contributed by atoms with Crippen molar-refractivity contribution >= 4 is 18.3 Å². The smallest absolute Gasteiger partial charge is 0.339 e. The molecule has 0 bridgehead atoms. The van der Waals surface area contributed by atoms with Gasteiger partial charge in [0.05, 0.1) is 11.1 Å². The molecule has 1 spiro atoms. The highest BCUT2D eigenvalue weighted by Gasteiger charge is 2.40. The molecule has 2 aliphatic heterocycles. The van der Waals surface area contributed by atoms with Crippen molar-refractivity contribution in [3.05, 3.63) is 34.9 Å². The Hall–Kier alpha value is -1.48. The zero-order valence-corrected chi connectivity index (χ0v) is 15.0. The molecule has 2 heterocycles. The number of rotatable bonds is 1. The molecule has 1 amide bonds. The summed E-state index contributed by atoms with van der Waals surface area (Å²) in [6.07, 6.45) is -7.57. The van der Waals surface area contributed by atoms with Gasteiger partial charge in [0.2, 0.25) is 0 Å². The Kier molecular flexibility index (Phi) is 6.06. The monoisotopic (exact) mass is 416 g/mol. The van der Waals surface area contributed by atoms with Crippen LogP contribution in [0.2, 0.25) is 0 Å². The number of amides is 1. The predicted molar refractivity (Wildman–Crippen MR) is 88.8 cm³/mol. The van der Waals surface area contributed by atoms with Crippen LogP contribution < -0.4 is 5.32 Å². The largest absolute Gasteiger partial charge is 0.416 e. The summed E-state index contributed by atoms with van der Waals surface area (Å²) in [5.41, 5.74) is -3.43. The van der Waals surface area contributed by atoms with Gasteiger partial charge >= 0.3 is 12.4 Å². The highest BCUT2D eigenvalue weighted by atomic mass is 35.5. The molecule has 0 radical (unpaired) electrons. The number of nitrogens with one attached hydrogen (secondary N) is 1. The van der Waals surface area contributed by atoms with Gasteiger partial charge in [-0.2, -0.15) is 26.3 Å². The van der Waals surface area contributed by atoms with E-state index in [0.29, 0.717) is 38.1 Å². The summed E-state index contributed by atoms with van der Waals surface area (Å²) < 4.78 is 77.7. The number of hydrogen-bond donors (Lipinski definition) is 1. The molecule has 2 fully saturated rings. The van der Waals surface area contributed by atoms with E-state index in [0.717, 1.165) is 19.5 Å². The zero-order chi connectivity index (χ0) is 19.2. The van der Waals surface area contributed by atoms with E-state index in [1.807, 2.05) is 0 Å². The van der Waals surface area contributed by atoms with E-state index in [1.54, 1.807) is 0 Å². The Morgan fingerprint density at radius 1 is 0.926 bits per heavy atom. The zero-order valence-electron chi connectivity index (χ0n) is 14.2. The molecule has 2 aliphatic rings. The van der Waals surface area contributed by atoms with Crippen molar-refractivity contribution in [3.8, 4) is 0 Å². The van der Waals surface area contributed by atoms with Crippen LogP contribution in [0.4, 0.5) is 26.3 Å². The number of carbonyl (C=O) groups is 1. The number of piperidine rings is 1. The average molecular weight is 417 g/mol. The number of hydrogen-bond acceptors (Lipinski definition) is 2. The fraction of sp³-hybridized carbons (Fsp3) is 0.588. The number of alkyl halides is 6. The molecular formula is C17H19ClF6N2O. The van der Waals surface area contributed by atoms with Crippen molar-refractivity contribution < 1.29 is 31.1 Å². The first-order chi connectivity index (χ1) is 12.0. The van der Waals surface area contributed by atoms with Crippen molar-refractivity contribution in [1.82, 2.24) is 10.2 Å². The molecule has 3 nitrogen and oxygen atoms in total. The lowest BCUT2D eigenvalue weighted by Gasteiger charge is -2.39. The highest BCUT2D eigenvalue weighted by Crippen LogP contribution is 2.39. The van der Waals surface area contributed by atoms with Gasteiger partial charge in [-0.25, -0.2) is 0 Å². The fourth-order valence-electron chi connectivity index (χ4n) is 3.67. The molecule has 1 N–H and O–H groups in total. The summed E-state index contributed by atoms with van der Waals surface area (Å²) in [5, 5.41) is 3.25. The van der Waals surface area contributed by atoms with Crippen molar-refractivity contribution in [3.63, 3.8) is 0 Å². The predicted octanol–water partition coefficient (Wildman–Crippen LogP) is 4.36. The molecule has 152 valence electrons. The Balaban J connectivity index is 0.00000261. The van der Waals surface area contributed by atoms with Crippen LogP contribution in [0.25, 0.3) is 0 Å². The number of halogens is 7. The molecule has 1 aromatic carbocycles. The molecule has 0 aromatic heterocycles. The van der Waals surface area contributed by atoms with Crippen LogP contribution in [0, 0.1) is 5.41 Å². The molecule has 0 unspecified atom stereocenters. The molecule has 1 aromatic rings. The van der Waals surface area contributed by atoms with Crippen LogP contribution in [0.3, 0.4) is 0 Å². The average Bonchev–Trinajstić information content (AvgIpc) is 3.01. The summed E-state index contributed by atoms with van der Waals surface area (Å²) in [7, 11) is 0. The number of carbonyl (C=O) groups excluding carboxylic acids is 1. The molecule has 2 saturated heterocycles. The molecule has 27 heavy (non-hydrogen) atoms. The summed E-state index contributed by atoms with van der Waals surface area (Å²) in [6.45, 7) is 2.38. The van der Waals surface area contributed by atoms with E-state index in [9.17, 15) is 31.1 Å². The van der Waals surface area contributed by atoms with Gasteiger partial charge in [0.1, 0.15) is 0 Å². The summed E-state index contributed by atoms with van der Waals surface area (Å²) >= 11 is 0. The van der Waals surface area contributed by atoms with Gasteiger partial charge in [0.25, 0.3) is 5.91 Å². The summed E-state index contributed by atoms with van der Waals surface area (Å²) in [6, 6.07) is 1.03. The Labute approximate surface area is 158 Å². The molecule has 3 rings (SSSR count). The van der Waals surface area contributed by atoms with Crippen LogP contribution in [0.15, 0.2) is 18.2 Å². The lowest BCUT2D eigenvalue weighted by molar-refractivity contribution is -0.143. The number of benzene rings is 1. The number of nitrogens with zero attached hydrogens (tertiary/aromatic N) is 1. The molecule has 10 heteroatoms. The minimum atomic E-state index is -4.96.